The second-order valence-corrected chi connectivity index (χ2v) is 6.34. The number of aromatic hydroxyl groups is 1. The first-order valence-corrected chi connectivity index (χ1v) is 7.57. The highest BCUT2D eigenvalue weighted by Crippen LogP contribution is 2.51. The van der Waals surface area contributed by atoms with Gasteiger partial charge < -0.3 is 20.2 Å². The third-order valence-electron chi connectivity index (χ3n) is 4.68. The van der Waals surface area contributed by atoms with Crippen LogP contribution in [-0.4, -0.2) is 59.0 Å². The van der Waals surface area contributed by atoms with Gasteiger partial charge in [0.25, 0.3) is 0 Å². The fourth-order valence-electron chi connectivity index (χ4n) is 3.71. The first-order valence-electron chi connectivity index (χ1n) is 7.57. The molecule has 1 aromatic carbocycles. The van der Waals surface area contributed by atoms with Crippen LogP contribution >= 0.6 is 0 Å². The van der Waals surface area contributed by atoms with Gasteiger partial charge in [0.15, 0.2) is 0 Å². The first kappa shape index (κ1) is 17.8. The molecule has 0 aromatic heterocycles. The van der Waals surface area contributed by atoms with Gasteiger partial charge in [0, 0.05) is 42.9 Å². The largest absolute Gasteiger partial charge is 0.508 e. The second kappa shape index (κ2) is 6.52. The van der Waals surface area contributed by atoms with Crippen LogP contribution < -0.4 is 4.90 Å². The standard InChI is InChI=1S/C13H18N2O.C4H4O4/c1-13-6-7-14(2)12(13)15(3)11-8-9(16)4-5-10(11)13;5-3(6)1-2-4(7)8/h4-5,8,12,16H,6-7H2,1-3H3;1-2H,(H,5,6)(H,7,8)/b;2-1+/t12-,13+;/m0./s1. The van der Waals surface area contributed by atoms with Gasteiger partial charge in [0.2, 0.25) is 0 Å². The Morgan fingerprint density at radius 2 is 1.79 bits per heavy atom. The van der Waals surface area contributed by atoms with Gasteiger partial charge in [-0.1, -0.05) is 13.0 Å². The van der Waals surface area contributed by atoms with E-state index in [1.54, 1.807) is 6.07 Å². The average Bonchev–Trinajstić information content (AvgIpc) is 2.91. The first-order chi connectivity index (χ1) is 11.2. The lowest BCUT2D eigenvalue weighted by Crippen LogP contribution is -2.45. The minimum Gasteiger partial charge on any atom is -0.508 e. The van der Waals surface area contributed by atoms with Crippen molar-refractivity contribution in [2.75, 3.05) is 25.5 Å². The molecule has 0 bridgehead atoms. The van der Waals surface area contributed by atoms with E-state index in [4.69, 9.17) is 10.2 Å². The summed E-state index contributed by atoms with van der Waals surface area (Å²) in [5, 5.41) is 25.2. The molecule has 3 rings (SSSR count). The number of hydrogen-bond acceptors (Lipinski definition) is 5. The van der Waals surface area contributed by atoms with Crippen molar-refractivity contribution in [2.24, 2.45) is 0 Å². The molecule has 0 aliphatic carbocycles. The van der Waals surface area contributed by atoms with Crippen LogP contribution in [0.1, 0.15) is 18.9 Å². The van der Waals surface area contributed by atoms with Crippen molar-refractivity contribution in [1.82, 2.24) is 4.90 Å². The van der Waals surface area contributed by atoms with Crippen LogP contribution in [0, 0.1) is 0 Å². The number of phenols is 1. The minimum absolute atomic E-state index is 0.215. The molecule has 1 saturated heterocycles. The second-order valence-electron chi connectivity index (χ2n) is 6.34. The monoisotopic (exact) mass is 334 g/mol. The summed E-state index contributed by atoms with van der Waals surface area (Å²) in [7, 11) is 4.30. The van der Waals surface area contributed by atoms with Crippen LogP contribution in [-0.2, 0) is 15.0 Å². The maximum absolute atomic E-state index is 9.59. The van der Waals surface area contributed by atoms with E-state index in [9.17, 15) is 14.7 Å². The zero-order chi connectivity index (χ0) is 18.1. The van der Waals surface area contributed by atoms with Crippen LogP contribution in [0.4, 0.5) is 5.69 Å². The molecule has 2 heterocycles. The van der Waals surface area contributed by atoms with Crippen molar-refractivity contribution in [3.63, 3.8) is 0 Å². The van der Waals surface area contributed by atoms with Crippen molar-refractivity contribution in [3.05, 3.63) is 35.9 Å². The Labute approximate surface area is 140 Å². The highest BCUT2D eigenvalue weighted by Gasteiger charge is 2.52. The zero-order valence-corrected chi connectivity index (χ0v) is 13.9. The van der Waals surface area contributed by atoms with E-state index >= 15 is 0 Å². The number of aliphatic carboxylic acids is 2. The Hall–Kier alpha value is -2.54. The highest BCUT2D eigenvalue weighted by molar-refractivity contribution is 5.89. The van der Waals surface area contributed by atoms with Gasteiger partial charge in [-0.3, -0.25) is 4.90 Å². The summed E-state index contributed by atoms with van der Waals surface area (Å²) in [5.41, 5.74) is 2.77. The summed E-state index contributed by atoms with van der Waals surface area (Å²) in [4.78, 5) is 23.8. The molecule has 0 amide bonds. The summed E-state index contributed by atoms with van der Waals surface area (Å²) >= 11 is 0. The molecule has 0 spiro atoms. The Kier molecular flexibility index (Phi) is 4.84. The topological polar surface area (TPSA) is 101 Å². The molecule has 2 aliphatic heterocycles. The number of hydrogen-bond donors (Lipinski definition) is 3. The van der Waals surface area contributed by atoms with Gasteiger partial charge in [-0.15, -0.1) is 0 Å². The maximum Gasteiger partial charge on any atom is 0.328 e. The summed E-state index contributed by atoms with van der Waals surface area (Å²) < 4.78 is 0. The Balaban J connectivity index is 0.000000224. The number of rotatable bonds is 2. The third kappa shape index (κ3) is 3.21. The zero-order valence-electron chi connectivity index (χ0n) is 13.9. The quantitative estimate of drug-likeness (QED) is 0.704. The molecule has 7 heteroatoms. The van der Waals surface area contributed by atoms with Crippen LogP contribution in [0.5, 0.6) is 5.75 Å². The van der Waals surface area contributed by atoms with Gasteiger partial charge in [-0.05, 0) is 25.1 Å². The summed E-state index contributed by atoms with van der Waals surface area (Å²) in [6.45, 7) is 3.48. The number of carbonyl (C=O) groups is 2. The van der Waals surface area contributed by atoms with Gasteiger partial charge in [0.1, 0.15) is 5.75 Å². The van der Waals surface area contributed by atoms with Crippen LogP contribution in [0.2, 0.25) is 0 Å². The molecule has 130 valence electrons. The fraction of sp³-hybridized carbons (Fsp3) is 0.412. The van der Waals surface area contributed by atoms with Gasteiger partial charge in [0.05, 0.1) is 6.17 Å². The minimum atomic E-state index is -1.26. The number of carboxylic acid groups (broad SMARTS) is 2. The van der Waals surface area contributed by atoms with E-state index < -0.39 is 11.9 Å². The average molecular weight is 334 g/mol. The fourth-order valence-corrected chi connectivity index (χ4v) is 3.71. The maximum atomic E-state index is 9.59. The molecule has 2 atom stereocenters. The number of likely N-dealkylation sites (tertiary alicyclic amines) is 1. The highest BCUT2D eigenvalue weighted by atomic mass is 16.4. The number of fused-ring (bicyclic) bond motifs is 3. The van der Waals surface area contributed by atoms with Gasteiger partial charge in [-0.25, -0.2) is 9.59 Å². The molecule has 7 nitrogen and oxygen atoms in total. The number of anilines is 1. The number of phenolic OH excluding ortho intramolecular Hbond substituents is 1. The lowest BCUT2D eigenvalue weighted by Gasteiger charge is -2.32. The molecular weight excluding hydrogens is 312 g/mol. The number of benzene rings is 1. The Morgan fingerprint density at radius 3 is 2.33 bits per heavy atom. The SMILES string of the molecule is CN1CC[C@]2(C)c3ccc(O)cc3N(C)[C@H]12.O=C(O)/C=C/C(=O)O. The predicted octanol–water partition coefficient (Wildman–Crippen LogP) is 1.47. The normalized spacial score (nSPS) is 25.1. The van der Waals surface area contributed by atoms with E-state index in [0.29, 0.717) is 24.1 Å². The van der Waals surface area contributed by atoms with Crippen molar-refractivity contribution < 1.29 is 24.9 Å². The Morgan fingerprint density at radius 1 is 1.21 bits per heavy atom. The van der Waals surface area contributed by atoms with Gasteiger partial charge >= 0.3 is 11.9 Å². The number of carboxylic acids is 2. The summed E-state index contributed by atoms with van der Waals surface area (Å²) in [5.74, 6) is -2.16. The predicted molar refractivity (Wildman–Crippen MR) is 89.3 cm³/mol. The van der Waals surface area contributed by atoms with Crippen molar-refractivity contribution in [3.8, 4) is 5.75 Å². The van der Waals surface area contributed by atoms with Crippen LogP contribution in [0.15, 0.2) is 30.4 Å². The smallest absolute Gasteiger partial charge is 0.328 e. The summed E-state index contributed by atoms with van der Waals surface area (Å²) in [6.07, 6.45) is 2.74. The molecule has 0 saturated carbocycles. The molecule has 0 radical (unpaired) electrons. The van der Waals surface area contributed by atoms with E-state index in [0.717, 1.165) is 6.54 Å². The molecule has 24 heavy (non-hydrogen) atoms. The van der Waals surface area contributed by atoms with Crippen molar-refractivity contribution in [1.29, 1.82) is 0 Å². The van der Waals surface area contributed by atoms with E-state index in [-0.39, 0.29) is 5.41 Å². The third-order valence-corrected chi connectivity index (χ3v) is 4.68. The Bertz CT molecular complexity index is 672. The lowest BCUT2D eigenvalue weighted by atomic mass is 9.81. The molecule has 1 aromatic rings. The molecule has 2 aliphatic rings. The van der Waals surface area contributed by atoms with Gasteiger partial charge in [-0.2, -0.15) is 0 Å². The molecule has 3 N–H and O–H groups in total. The van der Waals surface area contributed by atoms with E-state index in [1.165, 1.54) is 17.7 Å². The van der Waals surface area contributed by atoms with Crippen LogP contribution in [0.3, 0.4) is 0 Å². The van der Waals surface area contributed by atoms with Crippen molar-refractivity contribution in [2.45, 2.75) is 24.9 Å². The molecular formula is C17H22N2O5. The van der Waals surface area contributed by atoms with E-state index in [2.05, 4.69) is 36.9 Å². The number of likely N-dealkylation sites (N-methyl/N-ethyl adjacent to an activating group) is 2. The summed E-state index contributed by atoms with van der Waals surface area (Å²) in [6, 6.07) is 5.77. The van der Waals surface area contributed by atoms with Crippen molar-refractivity contribution >= 4 is 17.6 Å². The van der Waals surface area contributed by atoms with Crippen LogP contribution in [0.25, 0.3) is 0 Å². The molecule has 0 unspecified atom stereocenters. The number of nitrogens with zero attached hydrogens (tertiary/aromatic N) is 2. The lowest BCUT2D eigenvalue weighted by molar-refractivity contribution is -0.134. The van der Waals surface area contributed by atoms with E-state index in [1.807, 2.05) is 6.07 Å². The molecule has 1 fully saturated rings.